The van der Waals surface area contributed by atoms with Gasteiger partial charge in [-0.15, -0.1) is 0 Å². The van der Waals surface area contributed by atoms with Crippen LogP contribution in [0.4, 0.5) is 0 Å². The molecule has 10 aliphatic carbocycles. The van der Waals surface area contributed by atoms with Gasteiger partial charge in [-0.2, -0.15) is 0 Å². The summed E-state index contributed by atoms with van der Waals surface area (Å²) in [7, 11) is 0. The molecule has 0 saturated carbocycles. The van der Waals surface area contributed by atoms with E-state index in [1.165, 1.54) is 0 Å². The second-order valence-corrected chi connectivity index (χ2v) is 15.7. The fraction of sp³-hybridized carbons (Fsp3) is 0.208. The van der Waals surface area contributed by atoms with Crippen LogP contribution in [0.5, 0.6) is 0 Å². The molecular formula is C48H34. The molecule has 0 amide bonds. The SMILES string of the molecule is c1ccc2c(c1)C1C3=C4C5c6ccccc6C(c6ccccc65)C4C4C5c6ccccc6C(c6ccccc65)C4C3C2c2ccccc21. The van der Waals surface area contributed by atoms with Gasteiger partial charge in [0.1, 0.15) is 0 Å². The van der Waals surface area contributed by atoms with Crippen LogP contribution in [0.3, 0.4) is 0 Å². The highest BCUT2D eigenvalue weighted by atomic mass is 14.7. The van der Waals surface area contributed by atoms with Crippen LogP contribution >= 0.6 is 0 Å². The van der Waals surface area contributed by atoms with Crippen LogP contribution in [0.1, 0.15) is 102 Å². The molecule has 0 aliphatic heterocycles. The topological polar surface area (TPSA) is 0 Å². The van der Waals surface area contributed by atoms with E-state index in [4.69, 9.17) is 0 Å². The predicted octanol–water partition coefficient (Wildman–Crippen LogP) is 10.6. The lowest BCUT2D eigenvalue weighted by Gasteiger charge is -2.67. The minimum absolute atomic E-state index is 0.329. The van der Waals surface area contributed by atoms with Crippen LogP contribution < -0.4 is 0 Å². The summed E-state index contributed by atoms with van der Waals surface area (Å²) in [5.74, 6) is 4.36. The van der Waals surface area contributed by atoms with Crippen molar-refractivity contribution in [2.75, 3.05) is 0 Å². The van der Waals surface area contributed by atoms with Crippen molar-refractivity contribution in [3.05, 3.63) is 224 Å². The Kier molecular flexibility index (Phi) is 4.48. The third-order valence-corrected chi connectivity index (χ3v) is 14.3. The smallest absolute Gasteiger partial charge is 0.0311 e. The Morgan fingerprint density at radius 3 is 0.688 bits per heavy atom. The normalized spacial score (nSPS) is 32.5. The van der Waals surface area contributed by atoms with Gasteiger partial charge in [0, 0.05) is 35.5 Å². The predicted molar refractivity (Wildman–Crippen MR) is 191 cm³/mol. The molecule has 226 valence electrons. The Balaban J connectivity index is 1.22. The van der Waals surface area contributed by atoms with E-state index in [1.54, 1.807) is 66.8 Å². The first-order chi connectivity index (χ1) is 23.9. The molecule has 0 nitrogen and oxygen atoms in total. The van der Waals surface area contributed by atoms with Gasteiger partial charge in [0.15, 0.2) is 0 Å². The van der Waals surface area contributed by atoms with Crippen molar-refractivity contribution in [2.45, 2.75) is 35.5 Å². The van der Waals surface area contributed by atoms with Gasteiger partial charge in [0.25, 0.3) is 0 Å². The molecule has 16 rings (SSSR count). The average molecular weight is 611 g/mol. The zero-order valence-electron chi connectivity index (χ0n) is 26.6. The Morgan fingerprint density at radius 1 is 0.229 bits per heavy atom. The maximum absolute atomic E-state index is 2.50. The maximum Gasteiger partial charge on any atom is 0.0311 e. The third-order valence-electron chi connectivity index (χ3n) is 14.3. The molecule has 0 heterocycles. The maximum atomic E-state index is 2.50. The van der Waals surface area contributed by atoms with Gasteiger partial charge in [-0.25, -0.2) is 0 Å². The molecule has 48 heavy (non-hydrogen) atoms. The first-order valence-electron chi connectivity index (χ1n) is 18.2. The molecule has 0 aromatic heterocycles. The zero-order valence-corrected chi connectivity index (χ0v) is 26.6. The molecule has 0 heteroatoms. The van der Waals surface area contributed by atoms with Crippen LogP contribution in [0, 0.1) is 23.7 Å². The van der Waals surface area contributed by atoms with Gasteiger partial charge in [0.05, 0.1) is 0 Å². The van der Waals surface area contributed by atoms with Crippen LogP contribution in [0.25, 0.3) is 0 Å². The number of benzene rings is 6. The van der Waals surface area contributed by atoms with Crippen LogP contribution in [0.2, 0.25) is 0 Å². The largest absolute Gasteiger partial charge is 0.0620 e. The minimum Gasteiger partial charge on any atom is -0.0620 e. The second-order valence-electron chi connectivity index (χ2n) is 15.7. The highest BCUT2D eigenvalue weighted by Crippen LogP contribution is 2.77. The molecule has 0 N–H and O–H groups in total. The molecule has 6 aromatic carbocycles. The van der Waals surface area contributed by atoms with Crippen LogP contribution in [-0.4, -0.2) is 0 Å². The van der Waals surface area contributed by atoms with Crippen molar-refractivity contribution in [1.82, 2.24) is 0 Å². The summed E-state index contributed by atoms with van der Waals surface area (Å²) in [5, 5.41) is 0. The number of hydrogen-bond acceptors (Lipinski definition) is 0. The molecule has 0 spiro atoms. The highest BCUT2D eigenvalue weighted by molar-refractivity contribution is 5.72. The van der Waals surface area contributed by atoms with Crippen molar-refractivity contribution < 1.29 is 0 Å². The van der Waals surface area contributed by atoms with E-state index in [9.17, 15) is 0 Å². The van der Waals surface area contributed by atoms with Crippen molar-refractivity contribution in [3.63, 3.8) is 0 Å². The van der Waals surface area contributed by atoms with Crippen molar-refractivity contribution in [1.29, 1.82) is 0 Å². The summed E-state index contributed by atoms with van der Waals surface area (Å²) in [6.45, 7) is 0. The van der Waals surface area contributed by atoms with Crippen molar-refractivity contribution >= 4 is 0 Å². The molecule has 6 aromatic rings. The van der Waals surface area contributed by atoms with Crippen LogP contribution in [-0.2, 0) is 0 Å². The molecule has 0 saturated heterocycles. The summed E-state index contributed by atoms with van der Waals surface area (Å²) in [5.41, 5.74) is 22.7. The fourth-order valence-corrected chi connectivity index (χ4v) is 13.3. The average Bonchev–Trinajstić information content (AvgIpc) is 3.17. The van der Waals surface area contributed by atoms with E-state index >= 15 is 0 Å². The summed E-state index contributed by atoms with van der Waals surface area (Å²) in [6.07, 6.45) is 0. The molecule has 4 atom stereocenters. The standard InChI is InChI=1S/C48H34/c1-2-14-26-25(13-1)37-27-15-3-4-16-28(27)38(26)44-43(37)45-39-29-17-5-7-19-31(29)41(32-20-8-6-18-30(32)39)47(45)48-42-35-23-11-9-21-33(35)40(46(44)48)34-22-10-12-24-36(34)42/h1-24,37-46H. The number of rotatable bonds is 0. The van der Waals surface area contributed by atoms with E-state index in [1.807, 2.05) is 11.1 Å². The quantitative estimate of drug-likeness (QED) is 0.150. The van der Waals surface area contributed by atoms with Crippen molar-refractivity contribution in [3.8, 4) is 0 Å². The third kappa shape index (κ3) is 2.67. The van der Waals surface area contributed by atoms with E-state index in [2.05, 4.69) is 146 Å². The lowest BCUT2D eigenvalue weighted by Crippen LogP contribution is -2.57. The Labute approximate surface area is 281 Å². The monoisotopic (exact) mass is 610 g/mol. The summed E-state index contributed by atoms with van der Waals surface area (Å²) >= 11 is 0. The number of allylic oxidation sites excluding steroid dienone is 2. The Bertz CT molecular complexity index is 2130. The number of hydrogen-bond donors (Lipinski definition) is 0. The lowest BCUT2D eigenvalue weighted by atomic mass is 9.36. The highest BCUT2D eigenvalue weighted by Gasteiger charge is 2.66. The van der Waals surface area contributed by atoms with Gasteiger partial charge in [-0.1, -0.05) is 157 Å². The van der Waals surface area contributed by atoms with Crippen molar-refractivity contribution in [2.24, 2.45) is 23.7 Å². The minimum atomic E-state index is 0.329. The molecule has 0 fully saturated rings. The summed E-state index contributed by atoms with van der Waals surface area (Å²) in [4.78, 5) is 0. The van der Waals surface area contributed by atoms with E-state index < -0.39 is 0 Å². The molecular weight excluding hydrogens is 577 g/mol. The zero-order chi connectivity index (χ0) is 30.8. The summed E-state index contributed by atoms with van der Waals surface area (Å²) in [6, 6.07) is 57.6. The van der Waals surface area contributed by atoms with Gasteiger partial charge >= 0.3 is 0 Å². The van der Waals surface area contributed by atoms with Gasteiger partial charge < -0.3 is 0 Å². The van der Waals surface area contributed by atoms with Crippen LogP contribution in [0.15, 0.2) is 157 Å². The second kappa shape index (κ2) is 8.55. The molecule has 6 bridgehead atoms. The van der Waals surface area contributed by atoms with E-state index in [0.717, 1.165) is 0 Å². The van der Waals surface area contributed by atoms with E-state index in [0.29, 0.717) is 59.2 Å². The molecule has 10 aliphatic rings. The van der Waals surface area contributed by atoms with E-state index in [-0.39, 0.29) is 0 Å². The molecule has 4 unspecified atom stereocenters. The Hall–Kier alpha value is -4.94. The Morgan fingerprint density at radius 2 is 0.438 bits per heavy atom. The lowest BCUT2D eigenvalue weighted by molar-refractivity contribution is 0.0741. The first-order valence-corrected chi connectivity index (χ1v) is 18.2. The van der Waals surface area contributed by atoms with Gasteiger partial charge in [0.2, 0.25) is 0 Å². The van der Waals surface area contributed by atoms with Gasteiger partial charge in [-0.05, 0) is 90.4 Å². The fourth-order valence-electron chi connectivity index (χ4n) is 13.3. The first kappa shape index (κ1) is 25.1. The molecule has 0 radical (unpaired) electrons. The summed E-state index contributed by atoms with van der Waals surface area (Å²) < 4.78 is 0. The van der Waals surface area contributed by atoms with Gasteiger partial charge in [-0.3, -0.25) is 0 Å².